The predicted octanol–water partition coefficient (Wildman–Crippen LogP) is 0.983. The third-order valence-corrected chi connectivity index (χ3v) is 3.47. The van der Waals surface area contributed by atoms with Crippen molar-refractivity contribution < 1.29 is 4.79 Å². The topological polar surface area (TPSA) is 41.1 Å². The molecular weight excluding hydrogens is 267 g/mol. The molecule has 2 aliphatic rings. The first-order valence-electron chi connectivity index (χ1n) is 4.46. The minimum absolute atomic E-state index is 0.217. The molecule has 2 saturated heterocycles. The minimum atomic E-state index is 0.217. The molecule has 2 rings (SSSR count). The van der Waals surface area contributed by atoms with Gasteiger partial charge in [0.25, 0.3) is 0 Å². The zero-order chi connectivity index (χ0) is 8.55. The summed E-state index contributed by atoms with van der Waals surface area (Å²) in [6.45, 7) is 0. The second-order valence-corrected chi connectivity index (χ2v) is 4.30. The summed E-state index contributed by atoms with van der Waals surface area (Å²) in [5.74, 6) is 0.481. The van der Waals surface area contributed by atoms with Gasteiger partial charge in [-0.3, -0.25) is 8.32 Å². The number of hydrogen-bond acceptors (Lipinski definition) is 2. The summed E-state index contributed by atoms with van der Waals surface area (Å²) in [4.78, 5) is 11.3. The summed E-state index contributed by atoms with van der Waals surface area (Å²) in [7, 11) is 0. The van der Waals surface area contributed by atoms with Crippen molar-refractivity contribution in [1.29, 1.82) is 0 Å². The van der Waals surface area contributed by atoms with Gasteiger partial charge in [0.05, 0.1) is 22.9 Å². The lowest BCUT2D eigenvalue weighted by Crippen LogP contribution is -2.42. The average molecular weight is 280 g/mol. The number of piperidine rings is 1. The maximum absolute atomic E-state index is 11.3. The molecule has 0 aromatic heterocycles. The Morgan fingerprint density at radius 3 is 2.42 bits per heavy atom. The van der Waals surface area contributed by atoms with E-state index in [0.717, 1.165) is 12.8 Å². The standard InChI is InChI=1S/C8H13IN2O/c9-11-8(12)5-3-6-1-2-7(4-5)10-6/h5-7,10H,1-4H2,(H,11,12). The monoisotopic (exact) mass is 280 g/mol. The summed E-state index contributed by atoms with van der Waals surface area (Å²) in [5, 5.41) is 3.52. The zero-order valence-electron chi connectivity index (χ0n) is 6.85. The van der Waals surface area contributed by atoms with E-state index in [1.165, 1.54) is 12.8 Å². The van der Waals surface area contributed by atoms with Crippen LogP contribution in [-0.2, 0) is 4.79 Å². The van der Waals surface area contributed by atoms with Gasteiger partial charge in [-0.2, -0.15) is 0 Å². The zero-order valence-corrected chi connectivity index (χ0v) is 9.00. The maximum Gasteiger partial charge on any atom is 0.231 e. The van der Waals surface area contributed by atoms with Crippen LogP contribution < -0.4 is 8.85 Å². The van der Waals surface area contributed by atoms with E-state index in [-0.39, 0.29) is 11.8 Å². The highest BCUT2D eigenvalue weighted by Gasteiger charge is 2.36. The molecule has 1 amide bonds. The van der Waals surface area contributed by atoms with Gasteiger partial charge >= 0.3 is 0 Å². The van der Waals surface area contributed by atoms with Crippen LogP contribution >= 0.6 is 22.9 Å². The Hall–Kier alpha value is 0.160. The Morgan fingerprint density at radius 1 is 1.33 bits per heavy atom. The summed E-state index contributed by atoms with van der Waals surface area (Å²) in [6, 6.07) is 1.23. The Labute approximate surface area is 86.2 Å². The predicted molar refractivity (Wildman–Crippen MR) is 54.8 cm³/mol. The molecule has 2 unspecified atom stereocenters. The van der Waals surface area contributed by atoms with Crippen molar-refractivity contribution in [3.8, 4) is 0 Å². The fraction of sp³-hybridized carbons (Fsp3) is 0.875. The van der Waals surface area contributed by atoms with Crippen molar-refractivity contribution in [2.24, 2.45) is 5.92 Å². The van der Waals surface area contributed by atoms with Crippen molar-refractivity contribution in [2.45, 2.75) is 37.8 Å². The lowest BCUT2D eigenvalue weighted by molar-refractivity contribution is -0.123. The highest BCUT2D eigenvalue weighted by Crippen LogP contribution is 2.30. The van der Waals surface area contributed by atoms with E-state index in [1.807, 2.05) is 22.9 Å². The van der Waals surface area contributed by atoms with Gasteiger partial charge in [-0.05, 0) is 25.7 Å². The first kappa shape index (κ1) is 8.74. The molecule has 0 radical (unpaired) electrons. The van der Waals surface area contributed by atoms with Gasteiger partial charge < -0.3 is 5.32 Å². The number of amides is 1. The van der Waals surface area contributed by atoms with Crippen molar-refractivity contribution in [3.05, 3.63) is 0 Å². The molecule has 2 bridgehead atoms. The third-order valence-electron chi connectivity index (χ3n) is 2.94. The number of carbonyl (C=O) groups is 1. The molecular formula is C8H13IN2O. The summed E-state index contributed by atoms with van der Waals surface area (Å²) in [5.41, 5.74) is 0. The molecule has 0 spiro atoms. The molecule has 2 heterocycles. The molecule has 2 fully saturated rings. The van der Waals surface area contributed by atoms with Gasteiger partial charge in [0, 0.05) is 18.0 Å². The molecule has 4 heteroatoms. The van der Waals surface area contributed by atoms with Gasteiger partial charge in [0.1, 0.15) is 0 Å². The number of halogens is 1. The molecule has 68 valence electrons. The van der Waals surface area contributed by atoms with Crippen LogP contribution in [0.3, 0.4) is 0 Å². The molecule has 12 heavy (non-hydrogen) atoms. The fourth-order valence-electron chi connectivity index (χ4n) is 2.35. The molecule has 2 aliphatic heterocycles. The van der Waals surface area contributed by atoms with Crippen LogP contribution in [0.1, 0.15) is 25.7 Å². The quantitative estimate of drug-likeness (QED) is 0.555. The van der Waals surface area contributed by atoms with E-state index in [0.29, 0.717) is 12.1 Å². The number of nitrogens with one attached hydrogen (secondary N) is 2. The summed E-state index contributed by atoms with van der Waals surface area (Å²) in [6.07, 6.45) is 4.59. The summed E-state index contributed by atoms with van der Waals surface area (Å²) < 4.78 is 2.71. The Bertz CT molecular complexity index is 185. The Morgan fingerprint density at radius 2 is 1.92 bits per heavy atom. The minimum Gasteiger partial charge on any atom is -0.311 e. The third kappa shape index (κ3) is 1.59. The SMILES string of the molecule is O=C(NI)C1CC2CCC(C1)N2. The van der Waals surface area contributed by atoms with E-state index in [9.17, 15) is 4.79 Å². The first-order valence-corrected chi connectivity index (χ1v) is 5.54. The Balaban J connectivity index is 1.98. The van der Waals surface area contributed by atoms with Gasteiger partial charge in [0.15, 0.2) is 0 Å². The largest absolute Gasteiger partial charge is 0.311 e. The van der Waals surface area contributed by atoms with Crippen LogP contribution in [0.4, 0.5) is 0 Å². The maximum atomic E-state index is 11.3. The smallest absolute Gasteiger partial charge is 0.231 e. The number of hydrogen-bond donors (Lipinski definition) is 2. The van der Waals surface area contributed by atoms with Crippen molar-refractivity contribution in [1.82, 2.24) is 8.85 Å². The van der Waals surface area contributed by atoms with Crippen LogP contribution in [0, 0.1) is 5.92 Å². The van der Waals surface area contributed by atoms with E-state index >= 15 is 0 Å². The highest BCUT2D eigenvalue weighted by atomic mass is 127. The number of carbonyl (C=O) groups excluding carboxylic acids is 1. The highest BCUT2D eigenvalue weighted by molar-refractivity contribution is 14.1. The molecule has 2 N–H and O–H groups in total. The normalized spacial score (nSPS) is 39.6. The first-order chi connectivity index (χ1) is 5.79. The molecule has 0 saturated carbocycles. The molecule has 0 aliphatic carbocycles. The van der Waals surface area contributed by atoms with Gasteiger partial charge in [-0.1, -0.05) is 0 Å². The lowest BCUT2D eigenvalue weighted by atomic mass is 9.92. The van der Waals surface area contributed by atoms with Crippen molar-refractivity contribution in [2.75, 3.05) is 0 Å². The summed E-state index contributed by atoms with van der Waals surface area (Å²) >= 11 is 1.93. The lowest BCUT2D eigenvalue weighted by Gasteiger charge is -2.27. The van der Waals surface area contributed by atoms with Gasteiger partial charge in [-0.15, -0.1) is 0 Å². The van der Waals surface area contributed by atoms with Crippen LogP contribution in [0.25, 0.3) is 0 Å². The van der Waals surface area contributed by atoms with E-state index in [2.05, 4.69) is 8.85 Å². The average Bonchev–Trinajstić information content (AvgIpc) is 2.44. The second-order valence-electron chi connectivity index (χ2n) is 3.76. The number of rotatable bonds is 1. The van der Waals surface area contributed by atoms with E-state index < -0.39 is 0 Å². The number of fused-ring (bicyclic) bond motifs is 2. The Kier molecular flexibility index (Phi) is 2.55. The van der Waals surface area contributed by atoms with Crippen LogP contribution in [0.15, 0.2) is 0 Å². The van der Waals surface area contributed by atoms with Crippen LogP contribution in [0.5, 0.6) is 0 Å². The molecule has 2 atom stereocenters. The van der Waals surface area contributed by atoms with Gasteiger partial charge in [0.2, 0.25) is 5.91 Å². The molecule has 0 aromatic carbocycles. The fourth-order valence-corrected chi connectivity index (χ4v) is 2.79. The van der Waals surface area contributed by atoms with Crippen molar-refractivity contribution in [3.63, 3.8) is 0 Å². The van der Waals surface area contributed by atoms with E-state index in [4.69, 9.17) is 0 Å². The molecule has 3 nitrogen and oxygen atoms in total. The van der Waals surface area contributed by atoms with Crippen LogP contribution in [0.2, 0.25) is 0 Å². The molecule has 0 aromatic rings. The van der Waals surface area contributed by atoms with Gasteiger partial charge in [-0.25, -0.2) is 0 Å². The van der Waals surface area contributed by atoms with E-state index in [1.54, 1.807) is 0 Å². The van der Waals surface area contributed by atoms with Crippen molar-refractivity contribution >= 4 is 28.8 Å². The van der Waals surface area contributed by atoms with Crippen LogP contribution in [-0.4, -0.2) is 18.0 Å². The second kappa shape index (κ2) is 3.49.